The van der Waals surface area contributed by atoms with Crippen LogP contribution in [0.25, 0.3) is 0 Å². The van der Waals surface area contributed by atoms with Gasteiger partial charge in [0.25, 0.3) is 5.56 Å². The molecule has 0 atom stereocenters. The molecule has 0 aliphatic rings. The number of nitrogens with two attached hydrogens (primary N) is 1. The smallest absolute Gasteiger partial charge is 0.333 e. The molecule has 0 aliphatic heterocycles. The molecule has 1 aromatic heterocycles. The van der Waals surface area contributed by atoms with Gasteiger partial charge >= 0.3 is 5.69 Å². The number of rotatable bonds is 4. The van der Waals surface area contributed by atoms with Crippen LogP contribution in [-0.4, -0.2) is 14.6 Å². The third kappa shape index (κ3) is 2.48. The van der Waals surface area contributed by atoms with Gasteiger partial charge in [0.1, 0.15) is 5.82 Å². The lowest BCUT2D eigenvalue weighted by molar-refractivity contribution is 0.633. The molecule has 16 heavy (non-hydrogen) atoms. The Balaban J connectivity index is 0.00000225. The lowest BCUT2D eigenvalue weighted by Gasteiger charge is -2.09. The second kappa shape index (κ2) is 5.72. The largest absolute Gasteiger partial charge is 0.412 e. The van der Waals surface area contributed by atoms with Gasteiger partial charge in [0, 0.05) is 19.2 Å². The zero-order valence-corrected chi connectivity index (χ0v) is 8.85. The molecule has 0 bridgehead atoms. The van der Waals surface area contributed by atoms with Crippen LogP contribution in [0.5, 0.6) is 0 Å². The Kier molecular flexibility index (Phi) is 4.97. The van der Waals surface area contributed by atoms with Crippen LogP contribution in [0.2, 0.25) is 0 Å². The lowest BCUT2D eigenvalue weighted by Crippen LogP contribution is -2.40. The highest BCUT2D eigenvalue weighted by molar-refractivity contribution is 5.27. The van der Waals surface area contributed by atoms with Crippen molar-refractivity contribution in [3.8, 4) is 0 Å². The fraction of sp³-hybridized carbons (Fsp3) is 0.200. The molecule has 0 amide bonds. The quantitative estimate of drug-likeness (QED) is 0.674. The number of nitrogens with zero attached hydrogens (tertiary/aromatic N) is 2. The van der Waals surface area contributed by atoms with Gasteiger partial charge in [-0.2, -0.15) is 0 Å². The van der Waals surface area contributed by atoms with Crippen LogP contribution in [0.1, 0.15) is 0 Å². The van der Waals surface area contributed by atoms with Crippen molar-refractivity contribution < 1.29 is 5.48 Å². The average molecular weight is 225 g/mol. The van der Waals surface area contributed by atoms with Gasteiger partial charge < -0.3 is 11.2 Å². The van der Waals surface area contributed by atoms with E-state index in [4.69, 9.17) is 5.73 Å². The van der Waals surface area contributed by atoms with Crippen molar-refractivity contribution in [2.75, 3.05) is 5.73 Å². The zero-order valence-electron chi connectivity index (χ0n) is 8.85. The molecule has 1 aromatic rings. The van der Waals surface area contributed by atoms with Crippen molar-refractivity contribution in [2.45, 2.75) is 13.1 Å². The van der Waals surface area contributed by atoms with E-state index < -0.39 is 11.2 Å². The SMILES string of the molecule is C=CCn1c(N)cc(=O)n(CC=C)c1=O.O. The van der Waals surface area contributed by atoms with Crippen molar-refractivity contribution in [1.82, 2.24) is 9.13 Å². The number of allylic oxidation sites excluding steroid dienone is 2. The highest BCUT2D eigenvalue weighted by atomic mass is 16.2. The summed E-state index contributed by atoms with van der Waals surface area (Å²) in [5.41, 5.74) is 4.69. The summed E-state index contributed by atoms with van der Waals surface area (Å²) in [4.78, 5) is 23.1. The van der Waals surface area contributed by atoms with E-state index in [1.165, 1.54) is 16.7 Å². The second-order valence-electron chi connectivity index (χ2n) is 2.99. The van der Waals surface area contributed by atoms with E-state index >= 15 is 0 Å². The Morgan fingerprint density at radius 2 is 1.69 bits per heavy atom. The molecule has 0 aromatic carbocycles. The van der Waals surface area contributed by atoms with Crippen LogP contribution < -0.4 is 17.0 Å². The minimum absolute atomic E-state index is 0. The maximum atomic E-state index is 11.7. The number of hydrogen-bond donors (Lipinski definition) is 1. The minimum atomic E-state index is -0.445. The summed E-state index contributed by atoms with van der Waals surface area (Å²) < 4.78 is 2.34. The molecule has 0 spiro atoms. The van der Waals surface area contributed by atoms with E-state index in [2.05, 4.69) is 13.2 Å². The van der Waals surface area contributed by atoms with Crippen molar-refractivity contribution >= 4 is 5.82 Å². The summed E-state index contributed by atoms with van der Waals surface area (Å²) in [5.74, 6) is 0.144. The van der Waals surface area contributed by atoms with Gasteiger partial charge in [-0.25, -0.2) is 4.79 Å². The fourth-order valence-electron chi connectivity index (χ4n) is 1.24. The van der Waals surface area contributed by atoms with Crippen LogP contribution in [0, 0.1) is 0 Å². The molecule has 0 unspecified atom stereocenters. The highest BCUT2D eigenvalue weighted by Crippen LogP contribution is 1.93. The number of anilines is 1. The van der Waals surface area contributed by atoms with Gasteiger partial charge in [-0.05, 0) is 0 Å². The van der Waals surface area contributed by atoms with Gasteiger partial charge in [-0.3, -0.25) is 13.9 Å². The second-order valence-corrected chi connectivity index (χ2v) is 2.99. The van der Waals surface area contributed by atoms with Crippen molar-refractivity contribution in [2.24, 2.45) is 0 Å². The molecule has 88 valence electrons. The Hall–Kier alpha value is -2.08. The summed E-state index contributed by atoms with van der Waals surface area (Å²) in [6.45, 7) is 7.45. The van der Waals surface area contributed by atoms with E-state index in [1.807, 2.05) is 0 Å². The van der Waals surface area contributed by atoms with Crippen molar-refractivity contribution in [3.05, 3.63) is 52.2 Å². The summed E-state index contributed by atoms with van der Waals surface area (Å²) >= 11 is 0. The molecule has 0 saturated carbocycles. The fourth-order valence-corrected chi connectivity index (χ4v) is 1.24. The Labute approximate surface area is 92.2 Å². The van der Waals surface area contributed by atoms with Gasteiger partial charge in [-0.1, -0.05) is 12.2 Å². The zero-order chi connectivity index (χ0) is 11.4. The van der Waals surface area contributed by atoms with Gasteiger partial charge in [0.15, 0.2) is 0 Å². The first-order valence-electron chi connectivity index (χ1n) is 4.43. The van der Waals surface area contributed by atoms with Gasteiger partial charge in [0.05, 0.1) is 0 Å². The Bertz CT molecular complexity index is 499. The number of aromatic nitrogens is 2. The molecule has 6 nitrogen and oxygen atoms in total. The van der Waals surface area contributed by atoms with Crippen LogP contribution in [0.4, 0.5) is 5.82 Å². The maximum absolute atomic E-state index is 11.7. The van der Waals surface area contributed by atoms with Crippen LogP contribution in [-0.2, 0) is 13.1 Å². The molecule has 0 radical (unpaired) electrons. The topological polar surface area (TPSA) is 102 Å². The summed E-state index contributed by atoms with van der Waals surface area (Å²) in [7, 11) is 0. The van der Waals surface area contributed by atoms with Crippen LogP contribution in [0.15, 0.2) is 41.0 Å². The first-order chi connectivity index (χ1) is 7.11. The van der Waals surface area contributed by atoms with E-state index in [-0.39, 0.29) is 24.4 Å². The summed E-state index contributed by atoms with van der Waals surface area (Å²) in [6, 6.07) is 1.22. The third-order valence-corrected chi connectivity index (χ3v) is 1.93. The molecule has 6 heteroatoms. The molecule has 4 N–H and O–H groups in total. The van der Waals surface area contributed by atoms with Gasteiger partial charge in [0.2, 0.25) is 0 Å². The lowest BCUT2D eigenvalue weighted by atomic mass is 10.5. The molecule has 0 saturated heterocycles. The Morgan fingerprint density at radius 3 is 2.19 bits per heavy atom. The first kappa shape index (κ1) is 13.9. The normalized spacial score (nSPS) is 9.25. The molecular weight excluding hydrogens is 210 g/mol. The molecule has 0 aliphatic carbocycles. The number of hydrogen-bond acceptors (Lipinski definition) is 3. The monoisotopic (exact) mass is 225 g/mol. The first-order valence-corrected chi connectivity index (χ1v) is 4.43. The molecule has 0 fully saturated rings. The highest BCUT2D eigenvalue weighted by Gasteiger charge is 2.06. The Morgan fingerprint density at radius 1 is 1.19 bits per heavy atom. The average Bonchev–Trinajstić information content (AvgIpc) is 2.19. The van der Waals surface area contributed by atoms with E-state index in [0.717, 1.165) is 4.57 Å². The van der Waals surface area contributed by atoms with Crippen LogP contribution >= 0.6 is 0 Å². The van der Waals surface area contributed by atoms with E-state index in [1.54, 1.807) is 6.08 Å². The summed E-state index contributed by atoms with van der Waals surface area (Å²) in [6.07, 6.45) is 3.03. The molecule has 1 heterocycles. The van der Waals surface area contributed by atoms with E-state index in [0.29, 0.717) is 0 Å². The molecular formula is C10H15N3O3. The third-order valence-electron chi connectivity index (χ3n) is 1.93. The molecule has 1 rings (SSSR count). The summed E-state index contributed by atoms with van der Waals surface area (Å²) in [5, 5.41) is 0. The predicted molar refractivity (Wildman–Crippen MR) is 63.4 cm³/mol. The standard InChI is InChI=1S/C10H13N3O2.H2O/c1-3-5-12-8(11)7-9(14)13(6-4-2)10(12)15;/h3-4,7H,1-2,5-6,11H2;1H2. The van der Waals surface area contributed by atoms with Gasteiger partial charge in [-0.15, -0.1) is 13.2 Å². The predicted octanol–water partition coefficient (Wildman–Crippen LogP) is -0.861. The van der Waals surface area contributed by atoms with E-state index in [9.17, 15) is 9.59 Å². The minimum Gasteiger partial charge on any atom is -0.412 e. The van der Waals surface area contributed by atoms with Crippen molar-refractivity contribution in [1.29, 1.82) is 0 Å². The maximum Gasteiger partial charge on any atom is 0.333 e. The van der Waals surface area contributed by atoms with Crippen molar-refractivity contribution in [3.63, 3.8) is 0 Å². The van der Waals surface area contributed by atoms with Crippen LogP contribution in [0.3, 0.4) is 0 Å². The number of nitrogen functional groups attached to an aromatic ring is 1.